The van der Waals surface area contributed by atoms with Crippen LogP contribution >= 0.6 is 0 Å². The molecule has 1 aromatic heterocycles. The molecule has 1 aromatic rings. The Hall–Kier alpha value is -1.45. The summed E-state index contributed by atoms with van der Waals surface area (Å²) in [5, 5.41) is 4.04. The van der Waals surface area contributed by atoms with Crippen LogP contribution in [0.4, 0.5) is 0 Å². The molecule has 4 nitrogen and oxygen atoms in total. The lowest BCUT2D eigenvalue weighted by Crippen LogP contribution is -2.44. The Morgan fingerprint density at radius 1 is 0.957 bits per heavy atom. The fraction of sp³-hybridized carbons (Fsp3) is 0.737. The van der Waals surface area contributed by atoms with E-state index in [0.29, 0.717) is 41.7 Å². The van der Waals surface area contributed by atoms with Gasteiger partial charge in [-0.1, -0.05) is 5.16 Å². The first-order valence-electron chi connectivity index (χ1n) is 9.03. The first-order chi connectivity index (χ1) is 11.1. The number of hydrogen-bond donors (Lipinski definition) is 0. The largest absolute Gasteiger partial charge is 0.361 e. The summed E-state index contributed by atoms with van der Waals surface area (Å²) in [5.74, 6) is 3.71. The van der Waals surface area contributed by atoms with Crippen LogP contribution in [0.15, 0.2) is 4.52 Å². The first-order valence-corrected chi connectivity index (χ1v) is 9.03. The minimum Gasteiger partial charge on any atom is -0.361 e. The topological polar surface area (TPSA) is 60.2 Å². The highest BCUT2D eigenvalue weighted by Gasteiger charge is 2.50. The van der Waals surface area contributed by atoms with Crippen molar-refractivity contribution in [2.24, 2.45) is 29.6 Å². The van der Waals surface area contributed by atoms with Crippen LogP contribution in [-0.4, -0.2) is 16.7 Å². The van der Waals surface area contributed by atoms with Crippen molar-refractivity contribution in [3.05, 3.63) is 17.0 Å². The number of aryl methyl sites for hydroxylation is 2. The predicted octanol–water partition coefficient (Wildman–Crippen LogP) is 3.43. The summed E-state index contributed by atoms with van der Waals surface area (Å²) in [4.78, 5) is 24.7. The standard InChI is InChI=1S/C19H25NO3/c1-10-16(11(2)23-20-10)9-17-14-3-4-15-13(6-7-18(15)21)12(14)5-8-19(17)22/h12-15,17H,3-9H2,1-2H3/t12-,13-,14+,15-,17?/m0/s1. The quantitative estimate of drug-likeness (QED) is 0.839. The molecule has 3 saturated carbocycles. The lowest BCUT2D eigenvalue weighted by molar-refractivity contribution is -0.132. The van der Waals surface area contributed by atoms with E-state index in [9.17, 15) is 9.59 Å². The molecular formula is C19H25NO3. The van der Waals surface area contributed by atoms with Crippen LogP contribution in [-0.2, 0) is 16.0 Å². The molecule has 3 fully saturated rings. The number of hydrogen-bond acceptors (Lipinski definition) is 4. The van der Waals surface area contributed by atoms with Gasteiger partial charge in [0.1, 0.15) is 17.3 Å². The molecule has 3 aliphatic rings. The second kappa shape index (κ2) is 5.57. The minimum absolute atomic E-state index is 0.0993. The summed E-state index contributed by atoms with van der Waals surface area (Å²) >= 11 is 0. The van der Waals surface area contributed by atoms with Gasteiger partial charge in [0.25, 0.3) is 0 Å². The highest BCUT2D eigenvalue weighted by atomic mass is 16.5. The number of fused-ring (bicyclic) bond motifs is 3. The van der Waals surface area contributed by atoms with Crippen LogP contribution in [0.25, 0.3) is 0 Å². The zero-order valence-corrected chi connectivity index (χ0v) is 14.0. The average molecular weight is 315 g/mol. The van der Waals surface area contributed by atoms with E-state index < -0.39 is 0 Å². The Morgan fingerprint density at radius 2 is 1.70 bits per heavy atom. The second-order valence-electron chi connectivity index (χ2n) is 7.80. The maximum absolute atomic E-state index is 12.6. The Labute approximate surface area is 137 Å². The fourth-order valence-electron chi connectivity index (χ4n) is 5.66. The number of aromatic nitrogens is 1. The molecule has 0 bridgehead atoms. The molecule has 0 aromatic carbocycles. The summed E-state index contributed by atoms with van der Waals surface area (Å²) < 4.78 is 5.29. The van der Waals surface area contributed by atoms with E-state index in [4.69, 9.17) is 4.52 Å². The molecule has 0 saturated heterocycles. The third-order valence-corrected chi connectivity index (χ3v) is 6.83. The number of nitrogens with zero attached hydrogens (tertiary/aromatic N) is 1. The molecular weight excluding hydrogens is 290 g/mol. The lowest BCUT2D eigenvalue weighted by Gasteiger charge is -2.46. The highest BCUT2D eigenvalue weighted by Crippen LogP contribution is 2.53. The Bertz CT molecular complexity index is 628. The molecule has 0 aliphatic heterocycles. The summed E-state index contributed by atoms with van der Waals surface area (Å²) in [5.41, 5.74) is 2.04. The Kier molecular flexibility index (Phi) is 3.66. The van der Waals surface area contributed by atoms with E-state index in [1.807, 2.05) is 13.8 Å². The second-order valence-corrected chi connectivity index (χ2v) is 7.80. The fourth-order valence-corrected chi connectivity index (χ4v) is 5.66. The van der Waals surface area contributed by atoms with Crippen LogP contribution in [0.1, 0.15) is 55.5 Å². The predicted molar refractivity (Wildman–Crippen MR) is 84.8 cm³/mol. The van der Waals surface area contributed by atoms with Crippen molar-refractivity contribution in [1.82, 2.24) is 5.16 Å². The van der Waals surface area contributed by atoms with Gasteiger partial charge in [0, 0.05) is 30.2 Å². The molecule has 5 atom stereocenters. The maximum atomic E-state index is 12.6. The van der Waals surface area contributed by atoms with Crippen molar-refractivity contribution in [2.45, 2.75) is 58.8 Å². The highest BCUT2D eigenvalue weighted by molar-refractivity contribution is 5.85. The average Bonchev–Trinajstić information content (AvgIpc) is 3.06. The van der Waals surface area contributed by atoms with Gasteiger partial charge in [-0.05, 0) is 63.7 Å². The summed E-state index contributed by atoms with van der Waals surface area (Å²) in [7, 11) is 0. The molecule has 0 spiro atoms. The Balaban J connectivity index is 1.59. The van der Waals surface area contributed by atoms with Crippen LogP contribution in [0.2, 0.25) is 0 Å². The van der Waals surface area contributed by atoms with Crippen LogP contribution in [0.5, 0.6) is 0 Å². The van der Waals surface area contributed by atoms with E-state index in [0.717, 1.165) is 55.5 Å². The molecule has 124 valence electrons. The molecule has 4 heteroatoms. The number of rotatable bonds is 2. The van der Waals surface area contributed by atoms with Crippen molar-refractivity contribution in [3.63, 3.8) is 0 Å². The minimum atomic E-state index is 0.0993. The lowest BCUT2D eigenvalue weighted by atomic mass is 9.57. The number of Topliss-reactive ketones (excluding diaryl/α,β-unsaturated/α-hetero) is 2. The normalized spacial score (nSPS) is 36.9. The van der Waals surface area contributed by atoms with Crippen molar-refractivity contribution in [1.29, 1.82) is 0 Å². The molecule has 1 heterocycles. The van der Waals surface area contributed by atoms with Crippen molar-refractivity contribution < 1.29 is 14.1 Å². The molecule has 0 N–H and O–H groups in total. The molecule has 0 amide bonds. The van der Waals surface area contributed by atoms with Gasteiger partial charge in [-0.15, -0.1) is 0 Å². The van der Waals surface area contributed by atoms with E-state index in [-0.39, 0.29) is 5.92 Å². The molecule has 0 radical (unpaired) electrons. The molecule has 4 rings (SSSR count). The van der Waals surface area contributed by atoms with Gasteiger partial charge >= 0.3 is 0 Å². The summed E-state index contributed by atoms with van der Waals surface area (Å²) in [6.07, 6.45) is 6.31. The third kappa shape index (κ3) is 2.38. The van der Waals surface area contributed by atoms with Gasteiger partial charge in [0.15, 0.2) is 0 Å². The number of carbonyl (C=O) groups excluding carboxylic acids is 2. The number of ketones is 2. The molecule has 1 unspecified atom stereocenters. The van der Waals surface area contributed by atoms with Crippen LogP contribution in [0.3, 0.4) is 0 Å². The van der Waals surface area contributed by atoms with Gasteiger partial charge in [-0.3, -0.25) is 9.59 Å². The van der Waals surface area contributed by atoms with E-state index >= 15 is 0 Å². The molecule has 3 aliphatic carbocycles. The van der Waals surface area contributed by atoms with Crippen molar-refractivity contribution in [2.75, 3.05) is 0 Å². The zero-order chi connectivity index (χ0) is 16.1. The SMILES string of the molecule is Cc1noc(C)c1CC1C(=O)CC[C@H]2[C@@H]3CCC(=O)[C@H]3CC[C@@H]12. The van der Waals surface area contributed by atoms with Gasteiger partial charge in [0.05, 0.1) is 5.69 Å². The van der Waals surface area contributed by atoms with E-state index in [2.05, 4.69) is 5.16 Å². The molecule has 23 heavy (non-hydrogen) atoms. The zero-order valence-electron chi connectivity index (χ0n) is 14.0. The van der Waals surface area contributed by atoms with Gasteiger partial charge < -0.3 is 4.52 Å². The summed E-state index contributed by atoms with van der Waals surface area (Å²) in [6.45, 7) is 3.90. The third-order valence-electron chi connectivity index (χ3n) is 6.83. The van der Waals surface area contributed by atoms with Gasteiger partial charge in [0.2, 0.25) is 0 Å². The number of carbonyl (C=O) groups is 2. The smallest absolute Gasteiger partial charge is 0.137 e. The van der Waals surface area contributed by atoms with Crippen molar-refractivity contribution in [3.8, 4) is 0 Å². The van der Waals surface area contributed by atoms with E-state index in [1.165, 1.54) is 0 Å². The monoisotopic (exact) mass is 315 g/mol. The first kappa shape index (κ1) is 15.1. The van der Waals surface area contributed by atoms with Crippen molar-refractivity contribution >= 4 is 11.6 Å². The van der Waals surface area contributed by atoms with E-state index in [1.54, 1.807) is 0 Å². The Morgan fingerprint density at radius 3 is 2.43 bits per heavy atom. The maximum Gasteiger partial charge on any atom is 0.137 e. The van der Waals surface area contributed by atoms with Crippen LogP contribution in [0, 0.1) is 43.4 Å². The van der Waals surface area contributed by atoms with Gasteiger partial charge in [-0.25, -0.2) is 0 Å². The van der Waals surface area contributed by atoms with Crippen LogP contribution < -0.4 is 0 Å². The summed E-state index contributed by atoms with van der Waals surface area (Å²) in [6, 6.07) is 0. The van der Waals surface area contributed by atoms with Gasteiger partial charge in [-0.2, -0.15) is 0 Å².